The first-order valence-electron chi connectivity index (χ1n) is 7.22. The van der Waals surface area contributed by atoms with E-state index in [-0.39, 0.29) is 12.5 Å². The van der Waals surface area contributed by atoms with Crippen molar-refractivity contribution in [1.29, 1.82) is 0 Å². The lowest BCUT2D eigenvalue weighted by Crippen LogP contribution is -2.33. The number of benzene rings is 2. The number of halogens is 3. The molecule has 1 fully saturated rings. The van der Waals surface area contributed by atoms with Gasteiger partial charge in [-0.05, 0) is 48.9 Å². The van der Waals surface area contributed by atoms with Gasteiger partial charge < -0.3 is 0 Å². The molecule has 3 rings (SSSR count). The molecule has 4 nitrogen and oxygen atoms in total. The highest BCUT2D eigenvalue weighted by Crippen LogP contribution is 2.28. The van der Waals surface area contributed by atoms with E-state index in [2.05, 4.69) is 15.9 Å². The lowest BCUT2D eigenvalue weighted by molar-refractivity contribution is -0.127. The maximum absolute atomic E-state index is 13.2. The first-order chi connectivity index (χ1) is 11.4. The molecule has 1 aliphatic heterocycles. The van der Waals surface area contributed by atoms with Crippen LogP contribution >= 0.6 is 15.9 Å². The van der Waals surface area contributed by atoms with E-state index in [4.69, 9.17) is 0 Å². The number of carbonyl (C=O) groups excluding carboxylic acids is 2. The van der Waals surface area contributed by atoms with Crippen LogP contribution in [0.2, 0.25) is 0 Å². The standard InChI is InChI=1S/C17H13BrF2N2O2/c1-10-16(23)21(9-11-2-3-13(20)8-15(11)18)17(24)22(10)14-6-4-12(19)5-7-14/h2-8,10H,9H2,1H3. The largest absolute Gasteiger partial charge is 0.332 e. The van der Waals surface area contributed by atoms with Gasteiger partial charge in [-0.3, -0.25) is 14.6 Å². The van der Waals surface area contributed by atoms with E-state index in [0.29, 0.717) is 15.7 Å². The van der Waals surface area contributed by atoms with Gasteiger partial charge in [0.15, 0.2) is 0 Å². The zero-order valence-corrected chi connectivity index (χ0v) is 14.3. The smallest absolute Gasteiger partial charge is 0.282 e. The van der Waals surface area contributed by atoms with Gasteiger partial charge in [-0.15, -0.1) is 0 Å². The average molecular weight is 395 g/mol. The van der Waals surface area contributed by atoms with E-state index < -0.39 is 23.7 Å². The van der Waals surface area contributed by atoms with Crippen molar-refractivity contribution < 1.29 is 18.4 Å². The highest BCUT2D eigenvalue weighted by molar-refractivity contribution is 9.10. The van der Waals surface area contributed by atoms with Gasteiger partial charge in [0.25, 0.3) is 5.91 Å². The summed E-state index contributed by atoms with van der Waals surface area (Å²) in [6.45, 7) is 1.64. The summed E-state index contributed by atoms with van der Waals surface area (Å²) in [7, 11) is 0. The van der Waals surface area contributed by atoms with Crippen LogP contribution in [0, 0.1) is 11.6 Å². The fourth-order valence-electron chi connectivity index (χ4n) is 2.63. The molecule has 0 bridgehead atoms. The molecule has 1 aliphatic rings. The normalized spacial score (nSPS) is 17.8. The van der Waals surface area contributed by atoms with E-state index in [1.54, 1.807) is 6.92 Å². The topological polar surface area (TPSA) is 40.6 Å². The van der Waals surface area contributed by atoms with E-state index in [9.17, 15) is 18.4 Å². The highest BCUT2D eigenvalue weighted by Gasteiger charge is 2.43. The summed E-state index contributed by atoms with van der Waals surface area (Å²) in [5, 5.41) is 0. The van der Waals surface area contributed by atoms with Crippen molar-refractivity contribution in [2.45, 2.75) is 19.5 Å². The molecule has 0 N–H and O–H groups in total. The fourth-order valence-corrected chi connectivity index (χ4v) is 3.10. The molecule has 0 aliphatic carbocycles. The number of amides is 3. The highest BCUT2D eigenvalue weighted by atomic mass is 79.9. The molecule has 0 spiro atoms. The predicted molar refractivity (Wildman–Crippen MR) is 88.4 cm³/mol. The van der Waals surface area contributed by atoms with Gasteiger partial charge in [0.1, 0.15) is 17.7 Å². The monoisotopic (exact) mass is 394 g/mol. The number of carbonyl (C=O) groups is 2. The lowest BCUT2D eigenvalue weighted by atomic mass is 10.2. The minimum absolute atomic E-state index is 0.0283. The van der Waals surface area contributed by atoms with Crippen LogP contribution in [0.3, 0.4) is 0 Å². The minimum Gasteiger partial charge on any atom is -0.282 e. The van der Waals surface area contributed by atoms with Crippen molar-refractivity contribution in [3.63, 3.8) is 0 Å². The van der Waals surface area contributed by atoms with E-state index >= 15 is 0 Å². The van der Waals surface area contributed by atoms with Crippen molar-refractivity contribution >= 4 is 33.6 Å². The lowest BCUT2D eigenvalue weighted by Gasteiger charge is -2.19. The molecule has 7 heteroatoms. The number of urea groups is 1. The van der Waals surface area contributed by atoms with Crippen molar-refractivity contribution in [3.05, 3.63) is 64.1 Å². The van der Waals surface area contributed by atoms with E-state index in [0.717, 1.165) is 4.90 Å². The Balaban J connectivity index is 1.89. The Morgan fingerprint density at radius 2 is 1.67 bits per heavy atom. The van der Waals surface area contributed by atoms with Crippen LogP contribution < -0.4 is 4.90 Å². The first kappa shape index (κ1) is 16.6. The Hall–Kier alpha value is -2.28. The summed E-state index contributed by atoms with van der Waals surface area (Å²) >= 11 is 3.23. The van der Waals surface area contributed by atoms with Crippen LogP contribution in [-0.4, -0.2) is 22.9 Å². The van der Waals surface area contributed by atoms with Crippen molar-refractivity contribution in [2.24, 2.45) is 0 Å². The molecule has 0 aromatic heterocycles. The third kappa shape index (κ3) is 2.91. The molecule has 1 saturated heterocycles. The molecular formula is C17H13BrF2N2O2. The number of nitrogens with zero attached hydrogens (tertiary/aromatic N) is 2. The first-order valence-corrected chi connectivity index (χ1v) is 8.02. The summed E-state index contributed by atoms with van der Waals surface area (Å²) in [6, 6.07) is 8.26. The third-order valence-corrected chi connectivity index (χ3v) is 4.63. The molecule has 124 valence electrons. The van der Waals surface area contributed by atoms with Crippen molar-refractivity contribution in [2.75, 3.05) is 4.90 Å². The Kier molecular flexibility index (Phi) is 4.36. The summed E-state index contributed by atoms with van der Waals surface area (Å²) < 4.78 is 26.7. The van der Waals surface area contributed by atoms with Crippen LogP contribution in [0.5, 0.6) is 0 Å². The summed E-state index contributed by atoms with van der Waals surface area (Å²) in [5.41, 5.74) is 1.06. The zero-order chi connectivity index (χ0) is 17.4. The maximum Gasteiger partial charge on any atom is 0.332 e. The summed E-state index contributed by atoms with van der Waals surface area (Å²) in [4.78, 5) is 27.5. The number of anilines is 1. The molecule has 3 amide bonds. The summed E-state index contributed by atoms with van der Waals surface area (Å²) in [6.07, 6.45) is 0. The molecule has 1 atom stereocenters. The molecule has 0 saturated carbocycles. The van der Waals surface area contributed by atoms with Crippen LogP contribution in [0.1, 0.15) is 12.5 Å². The Bertz CT molecular complexity index is 811. The molecule has 2 aromatic carbocycles. The Morgan fingerprint density at radius 1 is 1.04 bits per heavy atom. The molecule has 0 radical (unpaired) electrons. The third-order valence-electron chi connectivity index (χ3n) is 3.90. The molecular weight excluding hydrogens is 382 g/mol. The quantitative estimate of drug-likeness (QED) is 0.735. The number of hydrogen-bond acceptors (Lipinski definition) is 2. The van der Waals surface area contributed by atoms with Gasteiger partial charge in [-0.2, -0.15) is 0 Å². The maximum atomic E-state index is 13.2. The SMILES string of the molecule is CC1C(=O)N(Cc2ccc(F)cc2Br)C(=O)N1c1ccc(F)cc1. The van der Waals surface area contributed by atoms with Crippen LogP contribution in [0.25, 0.3) is 0 Å². The number of rotatable bonds is 3. The molecule has 1 heterocycles. The van der Waals surface area contributed by atoms with Crippen molar-refractivity contribution in [3.8, 4) is 0 Å². The number of hydrogen-bond donors (Lipinski definition) is 0. The van der Waals surface area contributed by atoms with Crippen LogP contribution in [0.4, 0.5) is 19.3 Å². The van der Waals surface area contributed by atoms with E-state index in [1.807, 2.05) is 0 Å². The van der Waals surface area contributed by atoms with Gasteiger partial charge in [0.05, 0.1) is 6.54 Å². The van der Waals surface area contributed by atoms with Crippen LogP contribution in [-0.2, 0) is 11.3 Å². The Morgan fingerprint density at radius 3 is 2.29 bits per heavy atom. The summed E-state index contributed by atoms with van der Waals surface area (Å²) in [5.74, 6) is -1.19. The second-order valence-corrected chi connectivity index (χ2v) is 6.32. The van der Waals surface area contributed by atoms with Gasteiger partial charge in [0.2, 0.25) is 0 Å². The Labute approximate surface area is 145 Å². The van der Waals surface area contributed by atoms with Gasteiger partial charge in [-0.25, -0.2) is 13.6 Å². The van der Waals surface area contributed by atoms with Gasteiger partial charge in [0, 0.05) is 10.2 Å². The van der Waals surface area contributed by atoms with Gasteiger partial charge >= 0.3 is 6.03 Å². The van der Waals surface area contributed by atoms with E-state index in [1.165, 1.54) is 47.4 Å². The van der Waals surface area contributed by atoms with Crippen molar-refractivity contribution in [1.82, 2.24) is 4.90 Å². The molecule has 1 unspecified atom stereocenters. The second-order valence-electron chi connectivity index (χ2n) is 5.47. The zero-order valence-electron chi connectivity index (χ0n) is 12.7. The fraction of sp³-hybridized carbons (Fsp3) is 0.176. The predicted octanol–water partition coefficient (Wildman–Crippen LogP) is 4.08. The molecule has 2 aromatic rings. The number of imide groups is 1. The van der Waals surface area contributed by atoms with Crippen LogP contribution in [0.15, 0.2) is 46.9 Å². The molecule has 24 heavy (non-hydrogen) atoms. The average Bonchev–Trinajstić information content (AvgIpc) is 2.74. The minimum atomic E-state index is -0.692. The van der Waals surface area contributed by atoms with Gasteiger partial charge in [-0.1, -0.05) is 22.0 Å². The second kappa shape index (κ2) is 6.32.